The summed E-state index contributed by atoms with van der Waals surface area (Å²) in [6.45, 7) is 7.80. The van der Waals surface area contributed by atoms with Crippen LogP contribution in [-0.4, -0.2) is 41.4 Å². The van der Waals surface area contributed by atoms with Crippen LogP contribution in [0.1, 0.15) is 31.9 Å². The molecule has 0 saturated carbocycles. The third-order valence-corrected chi connectivity index (χ3v) is 3.64. The summed E-state index contributed by atoms with van der Waals surface area (Å²) in [6, 6.07) is 2.14. The van der Waals surface area contributed by atoms with E-state index in [9.17, 15) is 0 Å². The molecule has 102 valence electrons. The summed E-state index contributed by atoms with van der Waals surface area (Å²) in [4.78, 5) is 2.43. The molecule has 1 unspecified atom stereocenters. The van der Waals surface area contributed by atoms with Gasteiger partial charge in [0.05, 0.1) is 5.69 Å². The van der Waals surface area contributed by atoms with Crippen LogP contribution >= 0.6 is 0 Å². The van der Waals surface area contributed by atoms with E-state index in [1.165, 1.54) is 38.2 Å². The number of hydrogen-bond acceptors (Lipinski definition) is 3. The second-order valence-electron chi connectivity index (χ2n) is 5.45. The largest absolute Gasteiger partial charge is 0.316 e. The summed E-state index contributed by atoms with van der Waals surface area (Å²) in [7, 11) is 2.22. The Morgan fingerprint density at radius 2 is 2.44 bits per heavy atom. The van der Waals surface area contributed by atoms with E-state index >= 15 is 0 Å². The normalized spacial score (nSPS) is 20.5. The molecule has 1 N–H and O–H groups in total. The molecule has 2 rings (SSSR count). The summed E-state index contributed by atoms with van der Waals surface area (Å²) >= 11 is 0. The summed E-state index contributed by atoms with van der Waals surface area (Å²) in [6.07, 6.45) is 5.75. The van der Waals surface area contributed by atoms with Crippen molar-refractivity contribution in [3.63, 3.8) is 0 Å². The Bertz CT molecular complexity index is 341. The van der Waals surface area contributed by atoms with Crippen molar-refractivity contribution in [2.75, 3.05) is 26.7 Å². The number of aromatic nitrogens is 2. The van der Waals surface area contributed by atoms with E-state index in [-0.39, 0.29) is 0 Å². The molecule has 0 amide bonds. The first-order valence-corrected chi connectivity index (χ1v) is 7.19. The Morgan fingerprint density at radius 3 is 3.17 bits per heavy atom. The Hall–Kier alpha value is -0.870. The molecule has 4 nitrogen and oxygen atoms in total. The maximum absolute atomic E-state index is 4.38. The fraction of sp³-hybridized carbons (Fsp3) is 0.786. The maximum atomic E-state index is 4.38. The van der Waals surface area contributed by atoms with Gasteiger partial charge in [-0.25, -0.2) is 0 Å². The minimum Gasteiger partial charge on any atom is -0.316 e. The zero-order chi connectivity index (χ0) is 12.8. The van der Waals surface area contributed by atoms with Gasteiger partial charge in [-0.1, -0.05) is 6.92 Å². The Morgan fingerprint density at radius 1 is 1.56 bits per heavy atom. The Kier molecular flexibility index (Phi) is 5.20. The molecule has 0 bridgehead atoms. The van der Waals surface area contributed by atoms with Gasteiger partial charge in [0.25, 0.3) is 0 Å². The van der Waals surface area contributed by atoms with Gasteiger partial charge in [0.15, 0.2) is 0 Å². The van der Waals surface area contributed by atoms with Crippen LogP contribution in [0.2, 0.25) is 0 Å². The molecule has 1 fully saturated rings. The van der Waals surface area contributed by atoms with Crippen molar-refractivity contribution in [2.24, 2.45) is 5.92 Å². The maximum Gasteiger partial charge on any atom is 0.0524 e. The summed E-state index contributed by atoms with van der Waals surface area (Å²) < 4.78 is 2.13. The first-order chi connectivity index (χ1) is 8.79. The predicted molar refractivity (Wildman–Crippen MR) is 74.4 cm³/mol. The van der Waals surface area contributed by atoms with Crippen LogP contribution in [0.15, 0.2) is 12.3 Å². The molecule has 18 heavy (non-hydrogen) atoms. The van der Waals surface area contributed by atoms with E-state index in [1.54, 1.807) is 0 Å². The van der Waals surface area contributed by atoms with Crippen molar-refractivity contribution in [1.29, 1.82) is 0 Å². The van der Waals surface area contributed by atoms with Crippen LogP contribution in [0.3, 0.4) is 0 Å². The molecule has 1 aliphatic heterocycles. The number of hydrogen-bond donors (Lipinski definition) is 1. The highest BCUT2D eigenvalue weighted by atomic mass is 15.3. The predicted octanol–water partition coefficient (Wildman–Crippen LogP) is 1.72. The first-order valence-electron chi connectivity index (χ1n) is 7.19. The smallest absolute Gasteiger partial charge is 0.0524 e. The van der Waals surface area contributed by atoms with Gasteiger partial charge in [-0.3, -0.25) is 4.68 Å². The summed E-state index contributed by atoms with van der Waals surface area (Å²) in [5, 5.41) is 7.87. The standard InChI is InChI=1S/C14H26N4/c1-3-9-18-14(6-8-16-18)12-17(2)11-13-5-4-7-15-10-13/h6,8,13,15H,3-5,7,9-12H2,1-2H3. The lowest BCUT2D eigenvalue weighted by molar-refractivity contribution is 0.232. The lowest BCUT2D eigenvalue weighted by Gasteiger charge is -2.27. The highest BCUT2D eigenvalue weighted by Crippen LogP contribution is 2.12. The van der Waals surface area contributed by atoms with Crippen LogP contribution in [0.5, 0.6) is 0 Å². The van der Waals surface area contributed by atoms with Gasteiger partial charge in [0, 0.05) is 25.8 Å². The van der Waals surface area contributed by atoms with Crippen molar-refractivity contribution >= 4 is 0 Å². The van der Waals surface area contributed by atoms with Gasteiger partial charge >= 0.3 is 0 Å². The van der Waals surface area contributed by atoms with Gasteiger partial charge in [-0.05, 0) is 51.4 Å². The molecule has 1 aliphatic rings. The SMILES string of the molecule is CCCn1nccc1CN(C)CC1CCCNC1. The molecule has 0 aromatic carbocycles. The van der Waals surface area contributed by atoms with Crippen molar-refractivity contribution in [2.45, 2.75) is 39.3 Å². The molecule has 1 saturated heterocycles. The minimum absolute atomic E-state index is 0.811. The fourth-order valence-corrected chi connectivity index (χ4v) is 2.77. The summed E-state index contributed by atoms with van der Waals surface area (Å²) in [5.41, 5.74) is 1.34. The highest BCUT2D eigenvalue weighted by molar-refractivity contribution is 5.00. The topological polar surface area (TPSA) is 33.1 Å². The average Bonchev–Trinajstić information content (AvgIpc) is 2.78. The molecule has 0 aliphatic carbocycles. The average molecular weight is 250 g/mol. The van der Waals surface area contributed by atoms with E-state index in [0.717, 1.165) is 25.4 Å². The highest BCUT2D eigenvalue weighted by Gasteiger charge is 2.15. The Balaban J connectivity index is 1.82. The van der Waals surface area contributed by atoms with Crippen LogP contribution in [-0.2, 0) is 13.1 Å². The molecule has 1 aromatic rings. The molecule has 1 aromatic heterocycles. The van der Waals surface area contributed by atoms with E-state index in [2.05, 4.69) is 40.0 Å². The van der Waals surface area contributed by atoms with E-state index in [1.807, 2.05) is 6.20 Å². The molecule has 0 radical (unpaired) electrons. The van der Waals surface area contributed by atoms with Gasteiger partial charge in [0.2, 0.25) is 0 Å². The van der Waals surface area contributed by atoms with Gasteiger partial charge in [-0.2, -0.15) is 5.10 Å². The third kappa shape index (κ3) is 3.82. The second-order valence-corrected chi connectivity index (χ2v) is 5.45. The van der Waals surface area contributed by atoms with E-state index in [4.69, 9.17) is 0 Å². The molecule has 1 atom stereocenters. The van der Waals surface area contributed by atoms with E-state index < -0.39 is 0 Å². The molecular weight excluding hydrogens is 224 g/mol. The number of rotatable bonds is 6. The quantitative estimate of drug-likeness (QED) is 0.834. The van der Waals surface area contributed by atoms with E-state index in [0.29, 0.717) is 0 Å². The summed E-state index contributed by atoms with van der Waals surface area (Å²) in [5.74, 6) is 0.811. The van der Waals surface area contributed by atoms with Crippen LogP contribution in [0.4, 0.5) is 0 Å². The van der Waals surface area contributed by atoms with Gasteiger partial charge in [-0.15, -0.1) is 0 Å². The molecule has 0 spiro atoms. The van der Waals surface area contributed by atoms with Crippen LogP contribution < -0.4 is 5.32 Å². The number of nitrogens with zero attached hydrogens (tertiary/aromatic N) is 3. The van der Waals surface area contributed by atoms with Crippen molar-refractivity contribution in [1.82, 2.24) is 20.0 Å². The van der Waals surface area contributed by atoms with Crippen molar-refractivity contribution < 1.29 is 0 Å². The molecule has 4 heteroatoms. The number of piperidine rings is 1. The molecular formula is C14H26N4. The Labute approximate surface area is 110 Å². The second kappa shape index (κ2) is 6.90. The minimum atomic E-state index is 0.811. The molecule has 2 heterocycles. The fourth-order valence-electron chi connectivity index (χ4n) is 2.77. The monoisotopic (exact) mass is 250 g/mol. The lowest BCUT2D eigenvalue weighted by atomic mass is 9.99. The zero-order valence-corrected chi connectivity index (χ0v) is 11.7. The van der Waals surface area contributed by atoms with Crippen LogP contribution in [0.25, 0.3) is 0 Å². The van der Waals surface area contributed by atoms with Gasteiger partial charge < -0.3 is 10.2 Å². The van der Waals surface area contributed by atoms with Crippen molar-refractivity contribution in [3.8, 4) is 0 Å². The van der Waals surface area contributed by atoms with Gasteiger partial charge in [0.1, 0.15) is 0 Å². The van der Waals surface area contributed by atoms with Crippen molar-refractivity contribution in [3.05, 3.63) is 18.0 Å². The zero-order valence-electron chi connectivity index (χ0n) is 11.7. The number of aryl methyl sites for hydroxylation is 1. The third-order valence-electron chi connectivity index (χ3n) is 3.64. The lowest BCUT2D eigenvalue weighted by Crippen LogP contribution is -2.36. The van der Waals surface area contributed by atoms with Crippen LogP contribution in [0, 0.1) is 5.92 Å². The first kappa shape index (κ1) is 13.6. The number of nitrogens with one attached hydrogen (secondary N) is 1.